The third kappa shape index (κ3) is 12.3. The van der Waals surface area contributed by atoms with Gasteiger partial charge in [-0.05, 0) is 70.3 Å². The lowest BCUT2D eigenvalue weighted by molar-refractivity contribution is -0.130. The Morgan fingerprint density at radius 2 is 1.84 bits per heavy atom. The Morgan fingerprint density at radius 3 is 2.64 bits per heavy atom. The molecule has 0 aromatic carbocycles. The minimum atomic E-state index is -0.665. The molecule has 2 saturated heterocycles. The number of hydrazine groups is 1. The number of carbonyl (C=O) groups is 5. The Hall–Kier alpha value is -3.04. The van der Waals surface area contributed by atoms with Gasteiger partial charge < -0.3 is 37.1 Å². The fraction of sp³-hybridized carbons (Fsp3) is 0.767. The molecule has 0 aromatic heterocycles. The second-order valence-electron chi connectivity index (χ2n) is 12.4. The van der Waals surface area contributed by atoms with Gasteiger partial charge in [-0.15, -0.1) is 0 Å². The number of nitrogens with one attached hydrogen (secondary N) is 6. The topological polar surface area (TPSA) is 219 Å². The Labute approximate surface area is 270 Å². The molecule has 6 amide bonds. The lowest BCUT2D eigenvalue weighted by Gasteiger charge is -2.29. The molecule has 0 radical (unpaired) electrons. The number of nitrogens with two attached hydrogens (primary N) is 2. The van der Waals surface area contributed by atoms with Crippen LogP contribution in [0.1, 0.15) is 84.0 Å². The van der Waals surface area contributed by atoms with Gasteiger partial charge in [0, 0.05) is 42.5 Å². The van der Waals surface area contributed by atoms with Crippen LogP contribution in [0.4, 0.5) is 9.59 Å². The highest BCUT2D eigenvalue weighted by Crippen LogP contribution is 2.33. The van der Waals surface area contributed by atoms with E-state index in [4.69, 9.17) is 16.3 Å². The van der Waals surface area contributed by atoms with E-state index in [0.717, 1.165) is 31.4 Å². The van der Waals surface area contributed by atoms with Crippen molar-refractivity contribution in [3.8, 4) is 0 Å². The maximum atomic E-state index is 13.0. The molecule has 2 aliphatic heterocycles. The van der Waals surface area contributed by atoms with Crippen molar-refractivity contribution in [2.75, 3.05) is 25.4 Å². The molecule has 1 aliphatic carbocycles. The smallest absolute Gasteiger partial charge is 0.407 e. The van der Waals surface area contributed by atoms with E-state index in [1.54, 1.807) is 0 Å². The fourth-order valence-electron chi connectivity index (χ4n) is 5.87. The number of hydrogen-bond acceptors (Lipinski definition) is 9. The second-order valence-corrected chi connectivity index (χ2v) is 13.7. The molecule has 0 aromatic rings. The van der Waals surface area contributed by atoms with Gasteiger partial charge in [0.05, 0.1) is 18.1 Å². The summed E-state index contributed by atoms with van der Waals surface area (Å²) in [5, 5.41) is 15.0. The summed E-state index contributed by atoms with van der Waals surface area (Å²) in [4.78, 5) is 60.2. The van der Waals surface area contributed by atoms with Gasteiger partial charge in [-0.1, -0.05) is 19.4 Å². The van der Waals surface area contributed by atoms with Gasteiger partial charge >= 0.3 is 12.1 Å². The largest absolute Gasteiger partial charge is 0.442 e. The summed E-state index contributed by atoms with van der Waals surface area (Å²) >= 11 is 1.89. The summed E-state index contributed by atoms with van der Waals surface area (Å²) < 4.78 is 5.53. The van der Waals surface area contributed by atoms with Crippen LogP contribution in [0.5, 0.6) is 0 Å². The SMILES string of the molecule is CC1(C(=O)NCCCNC(=O)CCCCC2SCC3NC(=O)NC32)CC=CC(OC(=O)NCCCCC(N)C(=O)NN)CCC1. The van der Waals surface area contributed by atoms with Crippen LogP contribution in [0.15, 0.2) is 12.2 Å². The number of unbranched alkanes of at least 4 members (excludes halogenated alkanes) is 2. The first-order chi connectivity index (χ1) is 21.6. The highest BCUT2D eigenvalue weighted by atomic mass is 32.2. The van der Waals surface area contributed by atoms with Crippen LogP contribution in [0.25, 0.3) is 0 Å². The molecule has 10 N–H and O–H groups in total. The number of allylic oxidation sites excluding steroid dienone is 1. The van der Waals surface area contributed by atoms with Gasteiger partial charge in [0.15, 0.2) is 0 Å². The average molecular weight is 653 g/mol. The molecule has 2 heterocycles. The molecule has 254 valence electrons. The summed E-state index contributed by atoms with van der Waals surface area (Å²) in [6.45, 7) is 3.36. The number of fused-ring (bicyclic) bond motifs is 1. The highest BCUT2D eigenvalue weighted by Gasteiger charge is 2.42. The number of ether oxygens (including phenoxy) is 1. The predicted molar refractivity (Wildman–Crippen MR) is 173 cm³/mol. The van der Waals surface area contributed by atoms with Crippen molar-refractivity contribution in [3.63, 3.8) is 0 Å². The molecular weight excluding hydrogens is 600 g/mol. The third-order valence-electron chi connectivity index (χ3n) is 8.68. The first kappa shape index (κ1) is 36.4. The molecule has 2 fully saturated rings. The summed E-state index contributed by atoms with van der Waals surface area (Å²) in [5.74, 6) is 5.60. The maximum Gasteiger partial charge on any atom is 0.407 e. The summed E-state index contributed by atoms with van der Waals surface area (Å²) in [5.41, 5.74) is 7.16. The summed E-state index contributed by atoms with van der Waals surface area (Å²) in [6, 6.07) is -0.316. The van der Waals surface area contributed by atoms with Gasteiger partial charge in [0.25, 0.3) is 5.91 Å². The predicted octanol–water partition coefficient (Wildman–Crippen LogP) is 1.05. The van der Waals surface area contributed by atoms with Crippen molar-refractivity contribution in [1.29, 1.82) is 0 Å². The molecule has 3 rings (SSSR count). The van der Waals surface area contributed by atoms with Crippen molar-refractivity contribution in [2.24, 2.45) is 17.0 Å². The van der Waals surface area contributed by atoms with E-state index in [-0.39, 0.29) is 36.0 Å². The van der Waals surface area contributed by atoms with E-state index in [1.165, 1.54) is 0 Å². The van der Waals surface area contributed by atoms with Gasteiger partial charge in [-0.2, -0.15) is 11.8 Å². The number of hydrogen-bond donors (Lipinski definition) is 8. The van der Waals surface area contributed by atoms with Crippen molar-refractivity contribution < 1.29 is 28.7 Å². The number of alkyl carbamates (subject to hydrolysis) is 1. The summed E-state index contributed by atoms with van der Waals surface area (Å²) in [7, 11) is 0. The van der Waals surface area contributed by atoms with Crippen LogP contribution in [0.3, 0.4) is 0 Å². The number of rotatable bonds is 17. The van der Waals surface area contributed by atoms with Crippen LogP contribution >= 0.6 is 11.8 Å². The number of thioether (sulfide) groups is 1. The van der Waals surface area contributed by atoms with E-state index in [9.17, 15) is 24.0 Å². The van der Waals surface area contributed by atoms with Crippen molar-refractivity contribution >= 4 is 41.6 Å². The molecule has 3 aliphatic rings. The zero-order valence-corrected chi connectivity index (χ0v) is 27.2. The Morgan fingerprint density at radius 1 is 1.07 bits per heavy atom. The van der Waals surface area contributed by atoms with Gasteiger partial charge in [-0.25, -0.2) is 15.4 Å². The molecule has 0 saturated carbocycles. The average Bonchev–Trinajstić information content (AvgIpc) is 3.56. The number of amides is 6. The first-order valence-electron chi connectivity index (χ1n) is 16.2. The molecule has 15 heteroatoms. The van der Waals surface area contributed by atoms with Gasteiger partial charge in [0.2, 0.25) is 11.8 Å². The Kier molecular flexibility index (Phi) is 15.2. The van der Waals surface area contributed by atoms with E-state index >= 15 is 0 Å². The lowest BCUT2D eigenvalue weighted by Crippen LogP contribution is -2.43. The Balaban J connectivity index is 1.21. The Bertz CT molecular complexity index is 1050. The molecule has 0 spiro atoms. The van der Waals surface area contributed by atoms with Gasteiger partial charge in [-0.3, -0.25) is 19.8 Å². The van der Waals surface area contributed by atoms with E-state index in [2.05, 4.69) is 26.6 Å². The third-order valence-corrected chi connectivity index (χ3v) is 10.2. The van der Waals surface area contributed by atoms with Crippen molar-refractivity contribution in [1.82, 2.24) is 32.0 Å². The highest BCUT2D eigenvalue weighted by molar-refractivity contribution is 8.00. The molecule has 14 nitrogen and oxygen atoms in total. The monoisotopic (exact) mass is 652 g/mol. The summed E-state index contributed by atoms with van der Waals surface area (Å²) in [6.07, 6.45) is 11.1. The molecule has 0 bridgehead atoms. The first-order valence-corrected chi connectivity index (χ1v) is 17.3. The molecular formula is C30H52N8O6S. The minimum Gasteiger partial charge on any atom is -0.442 e. The molecule has 45 heavy (non-hydrogen) atoms. The zero-order valence-electron chi connectivity index (χ0n) is 26.4. The van der Waals surface area contributed by atoms with Crippen LogP contribution in [0, 0.1) is 5.41 Å². The maximum absolute atomic E-state index is 13.0. The second kappa shape index (κ2) is 18.8. The van der Waals surface area contributed by atoms with E-state index in [0.29, 0.717) is 76.3 Å². The van der Waals surface area contributed by atoms with Crippen LogP contribution in [-0.4, -0.2) is 84.7 Å². The standard InChI is InChI=1S/C30H52N8O6S/c1-30(14-6-9-20(10-7-15-30)44-29(43)35-16-5-4-11-21(31)26(40)38-32)27(41)34-18-8-17-33-24(39)13-3-2-12-23-25-22(19-45-23)36-28(42)37-25/h6,9,20-23,25H,2-5,7-8,10-19,31-32H2,1H3,(H,33,39)(H,34,41)(H,35,43)(H,38,40)(H2,36,37,42). The minimum absolute atomic E-state index is 0.0140. The molecule has 6 atom stereocenters. The quantitative estimate of drug-likeness (QED) is 0.0281. The van der Waals surface area contributed by atoms with Crippen molar-refractivity contribution in [3.05, 3.63) is 12.2 Å². The van der Waals surface area contributed by atoms with Gasteiger partial charge in [0.1, 0.15) is 6.10 Å². The number of carbonyl (C=O) groups excluding carboxylic acids is 5. The fourth-order valence-corrected chi connectivity index (χ4v) is 7.41. The van der Waals surface area contributed by atoms with E-state index in [1.807, 2.05) is 36.3 Å². The van der Waals surface area contributed by atoms with Crippen LogP contribution in [0.2, 0.25) is 0 Å². The molecule has 6 unspecified atom stereocenters. The van der Waals surface area contributed by atoms with Crippen LogP contribution < -0.4 is 43.6 Å². The zero-order chi connectivity index (χ0) is 32.7. The van der Waals surface area contributed by atoms with Crippen molar-refractivity contribution in [2.45, 2.75) is 113 Å². The van der Waals surface area contributed by atoms with Crippen LogP contribution in [-0.2, 0) is 19.1 Å². The van der Waals surface area contributed by atoms with E-state index < -0.39 is 23.5 Å². The lowest BCUT2D eigenvalue weighted by atomic mass is 9.79. The number of urea groups is 1. The normalized spacial score (nSPS) is 26.3.